The van der Waals surface area contributed by atoms with Gasteiger partial charge in [-0.1, -0.05) is 61.7 Å². The molecule has 0 radical (unpaired) electrons. The fourth-order valence-electron chi connectivity index (χ4n) is 3.21. The van der Waals surface area contributed by atoms with Crippen molar-refractivity contribution < 1.29 is 9.53 Å². The number of carbonyl (C=O) groups is 1. The van der Waals surface area contributed by atoms with Crippen LogP contribution in [0.5, 0.6) is 5.75 Å². The topological polar surface area (TPSA) is 38.3 Å². The molecule has 0 unspecified atom stereocenters. The molecule has 1 amide bonds. The lowest BCUT2D eigenvalue weighted by atomic mass is 9.88. The van der Waals surface area contributed by atoms with Gasteiger partial charge in [-0.25, -0.2) is 0 Å². The molecule has 1 fully saturated rings. The maximum atomic E-state index is 12.2. The first-order valence-electron chi connectivity index (χ1n) is 8.84. The van der Waals surface area contributed by atoms with Crippen molar-refractivity contribution in [3.8, 4) is 5.75 Å². The molecule has 0 atom stereocenters. The van der Waals surface area contributed by atoms with Gasteiger partial charge in [0, 0.05) is 12.5 Å². The number of ether oxygens (including phenoxy) is 1. The third-order valence-corrected chi connectivity index (χ3v) is 4.58. The second kappa shape index (κ2) is 8.53. The van der Waals surface area contributed by atoms with E-state index in [1.165, 1.54) is 19.3 Å². The zero-order valence-corrected chi connectivity index (χ0v) is 14.0. The lowest BCUT2D eigenvalue weighted by Gasteiger charge is -2.20. The minimum absolute atomic E-state index is 0.209. The molecule has 24 heavy (non-hydrogen) atoms. The average molecular weight is 323 g/mol. The van der Waals surface area contributed by atoms with E-state index < -0.39 is 0 Å². The highest BCUT2D eigenvalue weighted by Crippen LogP contribution is 2.23. The molecule has 2 aromatic rings. The fourth-order valence-corrected chi connectivity index (χ4v) is 3.21. The van der Waals surface area contributed by atoms with Crippen LogP contribution in [-0.2, 0) is 17.9 Å². The van der Waals surface area contributed by atoms with Crippen molar-refractivity contribution in [1.29, 1.82) is 0 Å². The lowest BCUT2D eigenvalue weighted by Crippen LogP contribution is -2.31. The first-order valence-corrected chi connectivity index (χ1v) is 8.84. The van der Waals surface area contributed by atoms with Gasteiger partial charge in [0.25, 0.3) is 0 Å². The molecule has 0 saturated heterocycles. The summed E-state index contributed by atoms with van der Waals surface area (Å²) in [6.07, 6.45) is 5.72. The van der Waals surface area contributed by atoms with Gasteiger partial charge in [0.15, 0.2) is 0 Å². The van der Waals surface area contributed by atoms with Crippen molar-refractivity contribution >= 4 is 5.91 Å². The van der Waals surface area contributed by atoms with Crippen molar-refractivity contribution in [2.75, 3.05) is 0 Å². The second-order valence-corrected chi connectivity index (χ2v) is 6.47. The zero-order chi connectivity index (χ0) is 16.6. The molecule has 1 N–H and O–H groups in total. The summed E-state index contributed by atoms with van der Waals surface area (Å²) in [7, 11) is 0. The summed E-state index contributed by atoms with van der Waals surface area (Å²) in [5, 5.41) is 3.09. The maximum Gasteiger partial charge on any atom is 0.223 e. The number of hydrogen-bond donors (Lipinski definition) is 1. The normalized spacial score (nSPS) is 15.0. The standard InChI is InChI=1S/C21H25NO2/c23-21(19-10-3-1-4-11-19)22-15-17-8-7-9-18(14-17)16-24-20-12-5-2-6-13-20/h2,5-9,12-14,19H,1,3-4,10-11,15-16H2,(H,22,23). The fraction of sp³-hybridized carbons (Fsp3) is 0.381. The van der Waals surface area contributed by atoms with Gasteiger partial charge in [-0.05, 0) is 36.1 Å². The molecule has 1 aliphatic rings. The Morgan fingerprint density at radius 1 is 0.958 bits per heavy atom. The van der Waals surface area contributed by atoms with Gasteiger partial charge in [0.1, 0.15) is 12.4 Å². The smallest absolute Gasteiger partial charge is 0.223 e. The van der Waals surface area contributed by atoms with Crippen LogP contribution < -0.4 is 10.1 Å². The summed E-state index contributed by atoms with van der Waals surface area (Å²) in [6.45, 7) is 1.13. The van der Waals surface area contributed by atoms with E-state index in [-0.39, 0.29) is 11.8 Å². The molecule has 0 aromatic heterocycles. The van der Waals surface area contributed by atoms with E-state index in [9.17, 15) is 4.79 Å². The number of benzene rings is 2. The highest BCUT2D eigenvalue weighted by molar-refractivity contribution is 5.78. The SMILES string of the molecule is O=C(NCc1cccc(COc2ccccc2)c1)C1CCCCC1. The zero-order valence-electron chi connectivity index (χ0n) is 14.0. The molecule has 0 aliphatic heterocycles. The van der Waals surface area contributed by atoms with Crippen LogP contribution in [0.4, 0.5) is 0 Å². The summed E-state index contributed by atoms with van der Waals surface area (Å²) >= 11 is 0. The van der Waals surface area contributed by atoms with Gasteiger partial charge >= 0.3 is 0 Å². The van der Waals surface area contributed by atoms with Crippen molar-refractivity contribution in [2.24, 2.45) is 5.92 Å². The molecule has 0 bridgehead atoms. The van der Waals surface area contributed by atoms with Crippen molar-refractivity contribution in [3.05, 3.63) is 65.7 Å². The highest BCUT2D eigenvalue weighted by atomic mass is 16.5. The van der Waals surface area contributed by atoms with E-state index in [0.29, 0.717) is 13.2 Å². The lowest BCUT2D eigenvalue weighted by molar-refractivity contribution is -0.126. The Bertz CT molecular complexity index is 648. The number of rotatable bonds is 6. The molecular formula is C21H25NO2. The Hall–Kier alpha value is -2.29. The van der Waals surface area contributed by atoms with Crippen LogP contribution in [0, 0.1) is 5.92 Å². The first kappa shape index (κ1) is 16.6. The van der Waals surface area contributed by atoms with Crippen LogP contribution in [0.1, 0.15) is 43.2 Å². The van der Waals surface area contributed by atoms with E-state index in [2.05, 4.69) is 17.4 Å². The summed E-state index contributed by atoms with van der Waals surface area (Å²) < 4.78 is 5.78. The van der Waals surface area contributed by atoms with E-state index in [4.69, 9.17) is 4.74 Å². The Balaban J connectivity index is 1.50. The van der Waals surface area contributed by atoms with Gasteiger partial charge in [-0.3, -0.25) is 4.79 Å². The molecule has 2 aromatic carbocycles. The monoisotopic (exact) mass is 323 g/mol. The number of amides is 1. The van der Waals surface area contributed by atoms with Gasteiger partial charge in [0.2, 0.25) is 5.91 Å². The van der Waals surface area contributed by atoms with Crippen LogP contribution >= 0.6 is 0 Å². The first-order chi connectivity index (χ1) is 11.8. The third-order valence-electron chi connectivity index (χ3n) is 4.58. The summed E-state index contributed by atoms with van der Waals surface area (Å²) in [5.41, 5.74) is 2.23. The predicted molar refractivity (Wildman–Crippen MR) is 95.6 cm³/mol. The summed E-state index contributed by atoms with van der Waals surface area (Å²) in [6, 6.07) is 18.0. The Kier molecular flexibility index (Phi) is 5.89. The minimum Gasteiger partial charge on any atom is -0.489 e. The molecule has 0 spiro atoms. The van der Waals surface area contributed by atoms with Crippen molar-refractivity contribution in [3.63, 3.8) is 0 Å². The molecule has 3 heteroatoms. The molecule has 1 aliphatic carbocycles. The highest BCUT2D eigenvalue weighted by Gasteiger charge is 2.20. The Labute approximate surface area is 144 Å². The largest absolute Gasteiger partial charge is 0.489 e. The van der Waals surface area contributed by atoms with Crippen molar-refractivity contribution in [2.45, 2.75) is 45.3 Å². The predicted octanol–water partition coefficient (Wildman–Crippen LogP) is 4.46. The Morgan fingerprint density at radius 2 is 1.71 bits per heavy atom. The third kappa shape index (κ3) is 4.85. The van der Waals surface area contributed by atoms with Crippen LogP contribution in [0.3, 0.4) is 0 Å². The van der Waals surface area contributed by atoms with Gasteiger partial charge < -0.3 is 10.1 Å². The van der Waals surface area contributed by atoms with E-state index in [1.54, 1.807) is 0 Å². The molecule has 3 rings (SSSR count). The molecule has 0 heterocycles. The van der Waals surface area contributed by atoms with Gasteiger partial charge in [0.05, 0.1) is 0 Å². The molecule has 126 valence electrons. The van der Waals surface area contributed by atoms with Crippen LogP contribution in [-0.4, -0.2) is 5.91 Å². The molecule has 3 nitrogen and oxygen atoms in total. The number of para-hydroxylation sites is 1. The summed E-state index contributed by atoms with van der Waals surface area (Å²) in [4.78, 5) is 12.2. The van der Waals surface area contributed by atoms with Gasteiger partial charge in [-0.15, -0.1) is 0 Å². The quantitative estimate of drug-likeness (QED) is 0.852. The minimum atomic E-state index is 0.209. The van der Waals surface area contributed by atoms with Crippen LogP contribution in [0.15, 0.2) is 54.6 Å². The number of nitrogens with one attached hydrogen (secondary N) is 1. The number of hydrogen-bond acceptors (Lipinski definition) is 2. The Morgan fingerprint density at radius 3 is 2.50 bits per heavy atom. The average Bonchev–Trinajstić information content (AvgIpc) is 2.66. The van der Waals surface area contributed by atoms with E-state index in [0.717, 1.165) is 29.7 Å². The van der Waals surface area contributed by atoms with E-state index in [1.807, 2.05) is 42.5 Å². The maximum absolute atomic E-state index is 12.2. The van der Waals surface area contributed by atoms with Gasteiger partial charge in [-0.2, -0.15) is 0 Å². The van der Waals surface area contributed by atoms with Crippen LogP contribution in [0.25, 0.3) is 0 Å². The molecular weight excluding hydrogens is 298 g/mol. The number of carbonyl (C=O) groups excluding carboxylic acids is 1. The second-order valence-electron chi connectivity index (χ2n) is 6.47. The molecule has 1 saturated carbocycles. The van der Waals surface area contributed by atoms with Crippen LogP contribution in [0.2, 0.25) is 0 Å². The van der Waals surface area contributed by atoms with Crippen molar-refractivity contribution in [1.82, 2.24) is 5.32 Å². The van der Waals surface area contributed by atoms with E-state index >= 15 is 0 Å². The summed E-state index contributed by atoms with van der Waals surface area (Å²) in [5.74, 6) is 1.29.